The van der Waals surface area contributed by atoms with Crippen LogP contribution >= 0.6 is 0 Å². The van der Waals surface area contributed by atoms with Crippen LogP contribution in [0.2, 0.25) is 0 Å². The molecule has 1 atom stereocenters. The Labute approximate surface area is 160 Å². The minimum absolute atomic E-state index is 0.0862. The predicted molar refractivity (Wildman–Crippen MR) is 105 cm³/mol. The van der Waals surface area contributed by atoms with E-state index < -0.39 is 0 Å². The number of benzene rings is 2. The Morgan fingerprint density at radius 1 is 1.00 bits per heavy atom. The molecule has 4 rings (SSSR count). The third kappa shape index (κ3) is 3.60. The van der Waals surface area contributed by atoms with Crippen LogP contribution in [0.3, 0.4) is 0 Å². The summed E-state index contributed by atoms with van der Waals surface area (Å²) in [5.41, 5.74) is 3.05. The largest absolute Gasteiger partial charge is 0.327 e. The summed E-state index contributed by atoms with van der Waals surface area (Å²) in [6.45, 7) is 5.63. The van der Waals surface area contributed by atoms with Gasteiger partial charge in [0, 0.05) is 17.3 Å². The molecule has 1 saturated heterocycles. The molecule has 2 heterocycles. The average Bonchev–Trinajstić information content (AvgIpc) is 3.04. The lowest BCUT2D eigenvalue weighted by Gasteiger charge is -2.33. The summed E-state index contributed by atoms with van der Waals surface area (Å²) in [5, 5.41) is 0. The molecule has 2 aromatic carbocycles. The van der Waals surface area contributed by atoms with Crippen LogP contribution in [0.5, 0.6) is 0 Å². The van der Waals surface area contributed by atoms with Crippen LogP contribution in [0, 0.1) is 0 Å². The lowest BCUT2D eigenvalue weighted by atomic mass is 10.1. The predicted octanol–water partition coefficient (Wildman–Crippen LogP) is 1.01. The summed E-state index contributed by atoms with van der Waals surface area (Å²) >= 11 is 0. The lowest BCUT2D eigenvalue weighted by Crippen LogP contribution is -3.16. The van der Waals surface area contributed by atoms with Crippen molar-refractivity contribution < 1.29 is 14.5 Å². The maximum atomic E-state index is 12.9. The topological polar surface area (TPSA) is 45.1 Å². The highest BCUT2D eigenvalue weighted by atomic mass is 16.2. The molecule has 27 heavy (non-hydrogen) atoms. The molecule has 5 nitrogen and oxygen atoms in total. The van der Waals surface area contributed by atoms with E-state index in [9.17, 15) is 9.59 Å². The highest BCUT2D eigenvalue weighted by Crippen LogP contribution is 2.31. The highest BCUT2D eigenvalue weighted by Gasteiger charge is 2.33. The summed E-state index contributed by atoms with van der Waals surface area (Å²) in [4.78, 5) is 30.6. The third-order valence-electron chi connectivity index (χ3n) is 5.66. The maximum absolute atomic E-state index is 12.9. The molecule has 5 heteroatoms. The number of carbonyl (C=O) groups excluding carboxylic acids is 2. The van der Waals surface area contributed by atoms with E-state index in [2.05, 4.69) is 13.0 Å². The van der Waals surface area contributed by atoms with Gasteiger partial charge in [0.05, 0.1) is 26.2 Å². The second-order valence-electron chi connectivity index (χ2n) is 7.53. The van der Waals surface area contributed by atoms with E-state index in [1.165, 1.54) is 10.5 Å². The van der Waals surface area contributed by atoms with E-state index in [0.717, 1.165) is 30.8 Å². The molecule has 0 aliphatic carbocycles. The van der Waals surface area contributed by atoms with Gasteiger partial charge in [-0.25, -0.2) is 0 Å². The number of anilines is 1. The first-order chi connectivity index (χ1) is 13.1. The number of hydrogen-bond donors (Lipinski definition) is 1. The molecular formula is C22H26N3O2+. The van der Waals surface area contributed by atoms with Crippen molar-refractivity contribution in [3.63, 3.8) is 0 Å². The number of nitrogens with one attached hydrogen (secondary N) is 1. The Morgan fingerprint density at radius 2 is 1.67 bits per heavy atom. The van der Waals surface area contributed by atoms with Gasteiger partial charge < -0.3 is 14.7 Å². The molecule has 0 unspecified atom stereocenters. The van der Waals surface area contributed by atoms with Gasteiger partial charge in [-0.2, -0.15) is 0 Å². The first kappa shape index (κ1) is 17.7. The summed E-state index contributed by atoms with van der Waals surface area (Å²) in [6, 6.07) is 17.8. The summed E-state index contributed by atoms with van der Waals surface area (Å²) < 4.78 is 0. The van der Waals surface area contributed by atoms with Gasteiger partial charge >= 0.3 is 0 Å². The van der Waals surface area contributed by atoms with Gasteiger partial charge in [-0.05, 0) is 37.1 Å². The Morgan fingerprint density at radius 3 is 2.41 bits per heavy atom. The number of nitrogens with zero attached hydrogens (tertiary/aromatic N) is 2. The number of hydrogen-bond acceptors (Lipinski definition) is 2. The first-order valence-corrected chi connectivity index (χ1v) is 9.71. The molecule has 2 aliphatic heterocycles. The number of fused-ring (bicyclic) bond motifs is 1. The van der Waals surface area contributed by atoms with E-state index in [0.29, 0.717) is 19.6 Å². The van der Waals surface area contributed by atoms with Crippen LogP contribution in [-0.4, -0.2) is 55.5 Å². The molecule has 0 saturated carbocycles. The molecule has 0 aromatic heterocycles. The summed E-state index contributed by atoms with van der Waals surface area (Å²) in [5.74, 6) is 0.272. The van der Waals surface area contributed by atoms with Crippen LogP contribution in [-0.2, 0) is 11.2 Å². The number of rotatable bonds is 3. The van der Waals surface area contributed by atoms with Crippen LogP contribution < -0.4 is 9.80 Å². The molecule has 1 fully saturated rings. The van der Waals surface area contributed by atoms with Gasteiger partial charge in [-0.3, -0.25) is 9.59 Å². The van der Waals surface area contributed by atoms with Gasteiger partial charge in [-0.1, -0.05) is 36.4 Å². The summed E-state index contributed by atoms with van der Waals surface area (Å²) in [6.07, 6.45) is 0.927. The van der Waals surface area contributed by atoms with Gasteiger partial charge in [-0.15, -0.1) is 0 Å². The number of carbonyl (C=O) groups is 2. The highest BCUT2D eigenvalue weighted by molar-refractivity contribution is 5.97. The van der Waals surface area contributed by atoms with Crippen LogP contribution in [0.25, 0.3) is 0 Å². The molecule has 2 aromatic rings. The molecule has 0 spiro atoms. The van der Waals surface area contributed by atoms with Crippen molar-refractivity contribution >= 4 is 17.5 Å². The zero-order chi connectivity index (χ0) is 18.8. The van der Waals surface area contributed by atoms with Crippen molar-refractivity contribution in [3.8, 4) is 0 Å². The minimum Gasteiger partial charge on any atom is -0.327 e. The zero-order valence-corrected chi connectivity index (χ0v) is 15.7. The average molecular weight is 364 g/mol. The van der Waals surface area contributed by atoms with Gasteiger partial charge in [0.15, 0.2) is 6.54 Å². The standard InChI is InChI=1S/C22H25N3O2/c1-17-15-19-9-5-6-10-20(19)25(17)21(26)16-23-11-13-24(14-12-23)22(27)18-7-3-2-4-8-18/h2-10,17H,11-16H2,1H3/p+1/t17-/m0/s1. The first-order valence-electron chi connectivity index (χ1n) is 9.71. The SMILES string of the molecule is C[C@H]1Cc2ccccc2N1C(=O)C[NH+]1CCN(C(=O)c2ccccc2)CC1. The fourth-order valence-electron chi connectivity index (χ4n) is 4.21. The Bertz CT molecular complexity index is 828. The number of amides is 2. The van der Waals surface area contributed by atoms with Crippen molar-refractivity contribution in [2.45, 2.75) is 19.4 Å². The molecule has 0 bridgehead atoms. The maximum Gasteiger partial charge on any atom is 0.282 e. The van der Waals surface area contributed by atoms with Gasteiger partial charge in [0.2, 0.25) is 0 Å². The van der Waals surface area contributed by atoms with E-state index in [1.54, 1.807) is 0 Å². The fraction of sp³-hybridized carbons (Fsp3) is 0.364. The van der Waals surface area contributed by atoms with Crippen LogP contribution in [0.15, 0.2) is 54.6 Å². The number of para-hydroxylation sites is 1. The van der Waals surface area contributed by atoms with E-state index >= 15 is 0 Å². The van der Waals surface area contributed by atoms with Crippen molar-refractivity contribution in [2.75, 3.05) is 37.6 Å². The zero-order valence-electron chi connectivity index (χ0n) is 15.7. The third-order valence-corrected chi connectivity index (χ3v) is 5.66. The van der Waals surface area contributed by atoms with Crippen molar-refractivity contribution in [2.24, 2.45) is 0 Å². The molecule has 2 aliphatic rings. The summed E-state index contributed by atoms with van der Waals surface area (Å²) in [7, 11) is 0. The Balaban J connectivity index is 1.34. The Hall–Kier alpha value is -2.66. The molecule has 2 amide bonds. The van der Waals surface area contributed by atoms with Gasteiger partial charge in [0.1, 0.15) is 0 Å². The van der Waals surface area contributed by atoms with Crippen molar-refractivity contribution in [1.82, 2.24) is 4.90 Å². The molecule has 140 valence electrons. The second-order valence-corrected chi connectivity index (χ2v) is 7.53. The van der Waals surface area contributed by atoms with Gasteiger partial charge in [0.25, 0.3) is 11.8 Å². The molecule has 1 N–H and O–H groups in total. The van der Waals surface area contributed by atoms with Crippen LogP contribution in [0.1, 0.15) is 22.8 Å². The quantitative estimate of drug-likeness (QED) is 0.883. The minimum atomic E-state index is 0.0862. The molecular weight excluding hydrogens is 338 g/mol. The Kier molecular flexibility index (Phi) is 4.94. The fourth-order valence-corrected chi connectivity index (χ4v) is 4.21. The van der Waals surface area contributed by atoms with Crippen LogP contribution in [0.4, 0.5) is 5.69 Å². The molecule has 0 radical (unpaired) electrons. The number of piperazine rings is 1. The smallest absolute Gasteiger partial charge is 0.282 e. The van der Waals surface area contributed by atoms with E-state index in [4.69, 9.17) is 0 Å². The normalized spacial score (nSPS) is 19.8. The lowest BCUT2D eigenvalue weighted by molar-refractivity contribution is -0.895. The monoisotopic (exact) mass is 364 g/mol. The van der Waals surface area contributed by atoms with Crippen molar-refractivity contribution in [1.29, 1.82) is 0 Å². The van der Waals surface area contributed by atoms with E-state index in [1.807, 2.05) is 58.3 Å². The second kappa shape index (κ2) is 7.53. The van der Waals surface area contributed by atoms with Crippen molar-refractivity contribution in [3.05, 3.63) is 65.7 Å². The number of quaternary nitrogens is 1. The van der Waals surface area contributed by atoms with E-state index in [-0.39, 0.29) is 17.9 Å².